The Balaban J connectivity index is 2.27. The van der Waals surface area contributed by atoms with E-state index < -0.39 is 23.7 Å². The summed E-state index contributed by atoms with van der Waals surface area (Å²) in [6.45, 7) is -0.692. The molecule has 1 heterocycles. The van der Waals surface area contributed by atoms with Crippen molar-refractivity contribution in [3.05, 3.63) is 28.7 Å². The van der Waals surface area contributed by atoms with E-state index in [4.69, 9.17) is 10.2 Å². The molecule has 3 N–H and O–H groups in total. The van der Waals surface area contributed by atoms with E-state index in [-0.39, 0.29) is 16.4 Å². The van der Waals surface area contributed by atoms with Crippen LogP contribution in [-0.4, -0.2) is 43.9 Å². The van der Waals surface area contributed by atoms with Crippen LogP contribution in [-0.2, 0) is 9.59 Å². The first-order valence-electron chi connectivity index (χ1n) is 5.37. The number of thioether (sulfide) groups is 1. The summed E-state index contributed by atoms with van der Waals surface area (Å²) in [6.07, 6.45) is 1.34. The van der Waals surface area contributed by atoms with Crippen molar-refractivity contribution in [3.8, 4) is 11.5 Å². The van der Waals surface area contributed by atoms with Crippen molar-refractivity contribution in [3.63, 3.8) is 0 Å². The number of imide groups is 1. The fourth-order valence-corrected chi connectivity index (χ4v) is 2.39. The lowest BCUT2D eigenvalue weighted by atomic mass is 10.2. The minimum Gasteiger partial charge on any atom is -0.504 e. The summed E-state index contributed by atoms with van der Waals surface area (Å²) in [7, 11) is 0. The van der Waals surface area contributed by atoms with Gasteiger partial charge < -0.3 is 15.3 Å². The highest BCUT2D eigenvalue weighted by molar-refractivity contribution is 8.18. The van der Waals surface area contributed by atoms with Crippen LogP contribution in [0.15, 0.2) is 23.1 Å². The van der Waals surface area contributed by atoms with Crippen LogP contribution >= 0.6 is 11.8 Å². The first kappa shape index (κ1) is 13.9. The second-order valence-corrected chi connectivity index (χ2v) is 4.90. The maximum Gasteiger partial charge on any atom is 0.323 e. The molecule has 0 radical (unpaired) electrons. The number of carboxylic acid groups (broad SMARTS) is 1. The Kier molecular flexibility index (Phi) is 3.66. The molecular formula is C12H9NO6S. The van der Waals surface area contributed by atoms with Gasteiger partial charge in [-0.1, -0.05) is 6.07 Å². The number of aromatic hydroxyl groups is 2. The average molecular weight is 295 g/mol. The van der Waals surface area contributed by atoms with Gasteiger partial charge in [0.15, 0.2) is 11.5 Å². The zero-order valence-corrected chi connectivity index (χ0v) is 10.8. The number of phenolic OH excluding ortho intramolecular Hbond substituents is 2. The third kappa shape index (κ3) is 2.75. The Hall–Kier alpha value is -2.48. The fraction of sp³-hybridized carbons (Fsp3) is 0.0833. The van der Waals surface area contributed by atoms with Crippen LogP contribution in [0.25, 0.3) is 6.08 Å². The van der Waals surface area contributed by atoms with Gasteiger partial charge in [0.05, 0.1) is 4.91 Å². The van der Waals surface area contributed by atoms with Gasteiger partial charge in [-0.3, -0.25) is 19.3 Å². The number of hydrogen-bond donors (Lipinski definition) is 3. The van der Waals surface area contributed by atoms with Crippen molar-refractivity contribution < 1.29 is 29.7 Å². The zero-order chi connectivity index (χ0) is 14.9. The summed E-state index contributed by atoms with van der Waals surface area (Å²) in [5.74, 6) is -2.64. The molecule has 0 aromatic heterocycles. The lowest BCUT2D eigenvalue weighted by Gasteiger charge is -2.07. The second-order valence-electron chi connectivity index (χ2n) is 3.91. The largest absolute Gasteiger partial charge is 0.504 e. The van der Waals surface area contributed by atoms with Gasteiger partial charge in [-0.05, 0) is 35.5 Å². The number of nitrogens with zero attached hydrogens (tertiary/aromatic N) is 1. The van der Waals surface area contributed by atoms with Crippen LogP contribution in [0.5, 0.6) is 11.5 Å². The number of aliphatic carboxylic acids is 1. The third-order valence-corrected chi connectivity index (χ3v) is 3.37. The van der Waals surface area contributed by atoms with Crippen LogP contribution in [0.3, 0.4) is 0 Å². The number of amides is 2. The van der Waals surface area contributed by atoms with Gasteiger partial charge in [-0.2, -0.15) is 0 Å². The number of benzene rings is 1. The molecule has 0 atom stereocenters. The van der Waals surface area contributed by atoms with Crippen molar-refractivity contribution >= 4 is 35.0 Å². The van der Waals surface area contributed by atoms with E-state index in [9.17, 15) is 19.5 Å². The monoisotopic (exact) mass is 295 g/mol. The molecule has 1 aliphatic rings. The summed E-state index contributed by atoms with van der Waals surface area (Å²) in [6, 6.07) is 3.91. The van der Waals surface area contributed by atoms with Crippen molar-refractivity contribution in [1.82, 2.24) is 4.90 Å². The van der Waals surface area contributed by atoms with E-state index in [0.717, 1.165) is 0 Å². The Bertz CT molecular complexity index is 639. The Morgan fingerprint density at radius 1 is 1.25 bits per heavy atom. The first-order valence-corrected chi connectivity index (χ1v) is 6.19. The van der Waals surface area contributed by atoms with E-state index >= 15 is 0 Å². The minimum absolute atomic E-state index is 0.0568. The van der Waals surface area contributed by atoms with Crippen molar-refractivity contribution in [2.24, 2.45) is 0 Å². The smallest absolute Gasteiger partial charge is 0.323 e. The molecule has 2 rings (SSSR count). The molecule has 0 bridgehead atoms. The molecule has 0 unspecified atom stereocenters. The van der Waals surface area contributed by atoms with Gasteiger partial charge >= 0.3 is 5.97 Å². The molecule has 7 nitrogen and oxygen atoms in total. The number of carbonyl (C=O) groups excluding carboxylic acids is 2. The minimum atomic E-state index is -1.28. The molecule has 0 aliphatic carbocycles. The van der Waals surface area contributed by atoms with E-state index in [0.29, 0.717) is 22.2 Å². The number of phenols is 2. The maximum atomic E-state index is 11.8. The van der Waals surface area contributed by atoms with Crippen LogP contribution in [0.1, 0.15) is 5.56 Å². The molecule has 8 heteroatoms. The van der Waals surface area contributed by atoms with Crippen molar-refractivity contribution in [2.75, 3.05) is 6.54 Å². The predicted molar refractivity (Wildman–Crippen MR) is 70.1 cm³/mol. The predicted octanol–water partition coefficient (Wildman–Crippen LogP) is 1.22. The molecule has 0 saturated carbocycles. The second kappa shape index (κ2) is 5.25. The summed E-state index contributed by atoms with van der Waals surface area (Å²) in [5, 5.41) is 26.5. The molecule has 1 saturated heterocycles. The molecule has 1 aliphatic heterocycles. The summed E-state index contributed by atoms with van der Waals surface area (Å²) >= 11 is 0.620. The van der Waals surface area contributed by atoms with E-state index in [1.165, 1.54) is 24.3 Å². The van der Waals surface area contributed by atoms with Gasteiger partial charge in [0, 0.05) is 0 Å². The highest BCUT2D eigenvalue weighted by Gasteiger charge is 2.36. The highest BCUT2D eigenvalue weighted by Crippen LogP contribution is 2.33. The number of hydrogen-bond acceptors (Lipinski definition) is 6. The molecular weight excluding hydrogens is 286 g/mol. The van der Waals surface area contributed by atoms with Crippen molar-refractivity contribution in [2.45, 2.75) is 0 Å². The molecule has 0 spiro atoms. The van der Waals surface area contributed by atoms with Gasteiger partial charge in [-0.25, -0.2) is 0 Å². The van der Waals surface area contributed by atoms with E-state index in [1.54, 1.807) is 0 Å². The lowest BCUT2D eigenvalue weighted by molar-refractivity contribution is -0.140. The van der Waals surface area contributed by atoms with Gasteiger partial charge in [-0.15, -0.1) is 0 Å². The summed E-state index contributed by atoms with van der Waals surface area (Å²) in [5.41, 5.74) is 0.404. The normalized spacial score (nSPS) is 17.0. The Labute approximate surface area is 117 Å². The van der Waals surface area contributed by atoms with Crippen LogP contribution < -0.4 is 0 Å². The number of carbonyl (C=O) groups is 3. The van der Waals surface area contributed by atoms with Gasteiger partial charge in [0.1, 0.15) is 6.54 Å². The van der Waals surface area contributed by atoms with Crippen LogP contribution in [0, 0.1) is 0 Å². The maximum absolute atomic E-state index is 11.8. The molecule has 20 heavy (non-hydrogen) atoms. The molecule has 1 aromatic rings. The first-order chi connectivity index (χ1) is 9.38. The molecule has 1 aromatic carbocycles. The zero-order valence-electron chi connectivity index (χ0n) is 9.94. The molecule has 1 fully saturated rings. The van der Waals surface area contributed by atoms with Crippen LogP contribution in [0.4, 0.5) is 4.79 Å². The van der Waals surface area contributed by atoms with Crippen molar-refractivity contribution in [1.29, 1.82) is 0 Å². The SMILES string of the molecule is O=C(O)CN1C(=O)S/C(=C\c2ccc(O)c(O)c2)C1=O. The molecule has 2 amide bonds. The average Bonchev–Trinajstić information content (AvgIpc) is 2.61. The van der Waals surface area contributed by atoms with E-state index in [2.05, 4.69) is 0 Å². The van der Waals surface area contributed by atoms with E-state index in [1.807, 2.05) is 0 Å². The quantitative estimate of drug-likeness (QED) is 0.567. The number of rotatable bonds is 3. The molecule has 104 valence electrons. The highest BCUT2D eigenvalue weighted by atomic mass is 32.2. The van der Waals surface area contributed by atoms with Crippen LogP contribution in [0.2, 0.25) is 0 Å². The topological polar surface area (TPSA) is 115 Å². The summed E-state index contributed by atoms with van der Waals surface area (Å²) in [4.78, 5) is 34.6. The summed E-state index contributed by atoms with van der Waals surface area (Å²) < 4.78 is 0. The standard InChI is InChI=1S/C12H9NO6S/c14-7-2-1-6(3-8(7)15)4-9-11(18)13(5-10(16)17)12(19)20-9/h1-4,14-15H,5H2,(H,16,17)/b9-4-. The number of carboxylic acids is 1. The fourth-order valence-electron chi connectivity index (χ4n) is 1.55. The lowest BCUT2D eigenvalue weighted by Crippen LogP contribution is -2.33. The Morgan fingerprint density at radius 3 is 2.55 bits per heavy atom. The van der Waals surface area contributed by atoms with Gasteiger partial charge in [0.2, 0.25) is 0 Å². The Morgan fingerprint density at radius 2 is 1.95 bits per heavy atom. The van der Waals surface area contributed by atoms with Gasteiger partial charge in [0.25, 0.3) is 11.1 Å². The third-order valence-electron chi connectivity index (χ3n) is 2.46.